The smallest absolute Gasteiger partial charge is 0.321 e. The van der Waals surface area contributed by atoms with Crippen LogP contribution in [0.15, 0.2) is 36.7 Å². The topological polar surface area (TPSA) is 87.5 Å². The van der Waals surface area contributed by atoms with E-state index in [1.807, 2.05) is 30.5 Å². The van der Waals surface area contributed by atoms with Gasteiger partial charge in [-0.1, -0.05) is 11.8 Å². The minimum atomic E-state index is -0.458. The molecule has 1 aliphatic carbocycles. The number of hydrogen-bond acceptors (Lipinski definition) is 5. The Kier molecular flexibility index (Phi) is 6.26. The third kappa shape index (κ3) is 4.24. The number of aromatic nitrogens is 2. The minimum absolute atomic E-state index is 0.237. The lowest BCUT2D eigenvalue weighted by molar-refractivity contribution is -0.119. The fourth-order valence-electron chi connectivity index (χ4n) is 4.05. The molecule has 0 spiro atoms. The summed E-state index contributed by atoms with van der Waals surface area (Å²) in [6, 6.07) is 7.52. The van der Waals surface area contributed by atoms with E-state index in [2.05, 4.69) is 27.2 Å². The van der Waals surface area contributed by atoms with Crippen LogP contribution in [-0.4, -0.2) is 55.1 Å². The predicted octanol–water partition coefficient (Wildman–Crippen LogP) is 2.18. The van der Waals surface area contributed by atoms with Crippen molar-refractivity contribution >= 4 is 30.0 Å². The summed E-state index contributed by atoms with van der Waals surface area (Å²) < 4.78 is 1.76. The van der Waals surface area contributed by atoms with Crippen molar-refractivity contribution in [3.63, 3.8) is 0 Å². The van der Waals surface area contributed by atoms with Crippen molar-refractivity contribution in [3.8, 4) is 11.8 Å². The van der Waals surface area contributed by atoms with Gasteiger partial charge < -0.3 is 19.8 Å². The summed E-state index contributed by atoms with van der Waals surface area (Å²) in [5.74, 6) is 6.77. The molecule has 0 bridgehead atoms. The molecule has 4 rings (SSSR count). The van der Waals surface area contributed by atoms with Gasteiger partial charge in [0.2, 0.25) is 0 Å². The predicted molar refractivity (Wildman–Crippen MR) is 122 cm³/mol. The minimum Gasteiger partial charge on any atom is -0.369 e. The van der Waals surface area contributed by atoms with Gasteiger partial charge in [0.05, 0.1) is 17.7 Å². The SMILES string of the molecule is CNC(=O)N(CCC=O)c1ccc(N2CC(C#Cc3cnn(C4(C=O)CCC4)c3)C2)cc1. The van der Waals surface area contributed by atoms with E-state index < -0.39 is 5.54 Å². The maximum atomic E-state index is 12.1. The lowest BCUT2D eigenvalue weighted by Gasteiger charge is -2.38. The quantitative estimate of drug-likeness (QED) is 0.534. The molecule has 1 aromatic heterocycles. The molecule has 2 fully saturated rings. The number of benzene rings is 1. The number of aldehydes is 2. The maximum Gasteiger partial charge on any atom is 0.321 e. The Morgan fingerprint density at radius 1 is 1.28 bits per heavy atom. The van der Waals surface area contributed by atoms with Gasteiger partial charge in [-0.05, 0) is 43.5 Å². The molecule has 1 aromatic carbocycles. The van der Waals surface area contributed by atoms with Gasteiger partial charge in [-0.3, -0.25) is 9.58 Å². The first-order valence-electron chi connectivity index (χ1n) is 10.9. The Balaban J connectivity index is 1.33. The molecule has 8 nitrogen and oxygen atoms in total. The fraction of sp³-hybridized carbons (Fsp3) is 0.417. The van der Waals surface area contributed by atoms with E-state index in [-0.39, 0.29) is 18.4 Å². The summed E-state index contributed by atoms with van der Waals surface area (Å²) in [6.07, 6.45) is 8.46. The van der Waals surface area contributed by atoms with Crippen LogP contribution in [0.2, 0.25) is 0 Å². The summed E-state index contributed by atoms with van der Waals surface area (Å²) >= 11 is 0. The third-order valence-corrected chi connectivity index (χ3v) is 6.24. The molecule has 8 heteroatoms. The zero-order chi connectivity index (χ0) is 22.6. The molecule has 2 amide bonds. The molecule has 2 aromatic rings. The van der Waals surface area contributed by atoms with E-state index in [0.717, 1.165) is 61.9 Å². The van der Waals surface area contributed by atoms with E-state index in [1.165, 1.54) is 0 Å². The molecule has 0 radical (unpaired) electrons. The summed E-state index contributed by atoms with van der Waals surface area (Å²) in [7, 11) is 1.57. The Hall–Kier alpha value is -3.60. The number of carbonyl (C=O) groups excluding carboxylic acids is 3. The van der Waals surface area contributed by atoms with Gasteiger partial charge in [0.1, 0.15) is 18.1 Å². The molecule has 32 heavy (non-hydrogen) atoms. The monoisotopic (exact) mass is 433 g/mol. The van der Waals surface area contributed by atoms with E-state index in [4.69, 9.17) is 0 Å². The van der Waals surface area contributed by atoms with Crippen LogP contribution in [0.25, 0.3) is 0 Å². The van der Waals surface area contributed by atoms with Crippen molar-refractivity contribution in [1.29, 1.82) is 0 Å². The van der Waals surface area contributed by atoms with Gasteiger partial charge in [-0.25, -0.2) is 4.79 Å². The average Bonchev–Trinajstić information content (AvgIpc) is 3.22. The highest BCUT2D eigenvalue weighted by molar-refractivity contribution is 5.92. The number of hydrogen-bond donors (Lipinski definition) is 1. The van der Waals surface area contributed by atoms with E-state index in [9.17, 15) is 14.4 Å². The molecule has 0 atom stereocenters. The van der Waals surface area contributed by atoms with Gasteiger partial charge >= 0.3 is 6.03 Å². The number of urea groups is 1. The van der Waals surface area contributed by atoms with Crippen LogP contribution in [0.4, 0.5) is 16.2 Å². The molecular weight excluding hydrogens is 406 g/mol. The van der Waals surface area contributed by atoms with Crippen LogP contribution in [0.5, 0.6) is 0 Å². The van der Waals surface area contributed by atoms with Crippen molar-refractivity contribution in [3.05, 3.63) is 42.2 Å². The first-order valence-corrected chi connectivity index (χ1v) is 10.9. The molecule has 1 aliphatic heterocycles. The van der Waals surface area contributed by atoms with Crippen LogP contribution in [0.3, 0.4) is 0 Å². The molecule has 2 heterocycles. The van der Waals surface area contributed by atoms with Crippen LogP contribution >= 0.6 is 0 Å². The molecule has 1 N–H and O–H groups in total. The third-order valence-electron chi connectivity index (χ3n) is 6.24. The zero-order valence-corrected chi connectivity index (χ0v) is 18.2. The molecule has 166 valence electrons. The van der Waals surface area contributed by atoms with Crippen molar-refractivity contribution in [2.45, 2.75) is 31.2 Å². The highest BCUT2D eigenvalue weighted by Crippen LogP contribution is 2.36. The summed E-state index contributed by atoms with van der Waals surface area (Å²) in [5, 5.41) is 6.95. The van der Waals surface area contributed by atoms with Gasteiger partial charge in [0.15, 0.2) is 0 Å². The molecule has 1 saturated heterocycles. The van der Waals surface area contributed by atoms with Crippen LogP contribution in [0.1, 0.15) is 31.2 Å². The largest absolute Gasteiger partial charge is 0.369 e. The first-order chi connectivity index (χ1) is 15.6. The average molecular weight is 434 g/mol. The maximum absolute atomic E-state index is 12.1. The highest BCUT2D eigenvalue weighted by Gasteiger charge is 2.39. The number of nitrogens with zero attached hydrogens (tertiary/aromatic N) is 4. The van der Waals surface area contributed by atoms with Crippen molar-refractivity contribution in [2.75, 3.05) is 36.5 Å². The Morgan fingerprint density at radius 3 is 2.62 bits per heavy atom. The first kappa shape index (κ1) is 21.6. The van der Waals surface area contributed by atoms with Crippen LogP contribution < -0.4 is 15.1 Å². The number of rotatable bonds is 7. The Bertz CT molecular complexity index is 1040. The second-order valence-electron chi connectivity index (χ2n) is 8.30. The normalized spacial score (nSPS) is 16.7. The second-order valence-corrected chi connectivity index (χ2v) is 8.30. The molecule has 0 unspecified atom stereocenters. The van der Waals surface area contributed by atoms with Crippen molar-refractivity contribution < 1.29 is 14.4 Å². The number of nitrogens with one attached hydrogen (secondary N) is 1. The second kappa shape index (κ2) is 9.27. The number of amides is 2. The zero-order valence-electron chi connectivity index (χ0n) is 18.2. The van der Waals surface area contributed by atoms with Crippen molar-refractivity contribution in [1.82, 2.24) is 15.1 Å². The van der Waals surface area contributed by atoms with Gasteiger partial charge in [-0.15, -0.1) is 0 Å². The van der Waals surface area contributed by atoms with E-state index >= 15 is 0 Å². The highest BCUT2D eigenvalue weighted by atomic mass is 16.2. The number of anilines is 2. The standard InChI is InChI=1S/C24H27N5O3/c1-25-23(32)28(12-3-13-30)22-8-6-21(7-9-22)27-15-20(16-27)5-4-19-14-26-29(17-19)24(18-31)10-2-11-24/h6-9,13-14,17-18,20H,2-3,10-12,15-16H2,1H3,(H,25,32). The van der Waals surface area contributed by atoms with E-state index in [1.54, 1.807) is 22.8 Å². The molecule has 1 saturated carbocycles. The van der Waals surface area contributed by atoms with E-state index in [0.29, 0.717) is 6.54 Å². The van der Waals surface area contributed by atoms with Crippen LogP contribution in [0, 0.1) is 17.8 Å². The fourth-order valence-corrected chi connectivity index (χ4v) is 4.05. The van der Waals surface area contributed by atoms with Crippen molar-refractivity contribution in [2.24, 2.45) is 5.92 Å². The summed E-state index contributed by atoms with van der Waals surface area (Å²) in [4.78, 5) is 38.0. The van der Waals surface area contributed by atoms with Crippen LogP contribution in [-0.2, 0) is 15.1 Å². The Morgan fingerprint density at radius 2 is 2.03 bits per heavy atom. The van der Waals surface area contributed by atoms with Gasteiger partial charge in [0.25, 0.3) is 0 Å². The molecule has 2 aliphatic rings. The van der Waals surface area contributed by atoms with Gasteiger partial charge in [0, 0.05) is 50.7 Å². The summed E-state index contributed by atoms with van der Waals surface area (Å²) in [5.41, 5.74) is 2.21. The lowest BCUT2D eigenvalue weighted by Crippen LogP contribution is -2.46. The lowest BCUT2D eigenvalue weighted by atomic mass is 9.78. The number of carbonyl (C=O) groups is 3. The Labute approximate surface area is 187 Å². The molecular formula is C24H27N5O3. The van der Waals surface area contributed by atoms with Gasteiger partial charge in [-0.2, -0.15) is 5.10 Å². The summed E-state index contributed by atoms with van der Waals surface area (Å²) in [6.45, 7) is 2.01.